The number of benzene rings is 3. The number of amides is 1. The molecule has 6 nitrogen and oxygen atoms in total. The lowest BCUT2D eigenvalue weighted by Crippen LogP contribution is -2.43. The molecule has 1 aliphatic carbocycles. The number of anilines is 1. The summed E-state index contributed by atoms with van der Waals surface area (Å²) < 4.78 is 35.7. The van der Waals surface area contributed by atoms with Gasteiger partial charge in [0.2, 0.25) is 10.0 Å². The fourth-order valence-corrected chi connectivity index (χ4v) is 9.22. The van der Waals surface area contributed by atoms with Crippen molar-refractivity contribution in [2.24, 2.45) is 23.7 Å². The molecule has 0 aromatic heterocycles. The third-order valence-corrected chi connectivity index (χ3v) is 13.0. The first-order valence-electron chi connectivity index (χ1n) is 17.1. The van der Waals surface area contributed by atoms with Crippen molar-refractivity contribution in [3.05, 3.63) is 94.0 Å². The molecule has 2 heterocycles. The van der Waals surface area contributed by atoms with Crippen molar-refractivity contribution < 1.29 is 17.9 Å². The van der Waals surface area contributed by atoms with Crippen LogP contribution >= 0.6 is 11.6 Å². The molecule has 6 rings (SSSR count). The van der Waals surface area contributed by atoms with E-state index in [9.17, 15) is 13.2 Å². The van der Waals surface area contributed by atoms with Gasteiger partial charge in [-0.1, -0.05) is 61.3 Å². The zero-order valence-corrected chi connectivity index (χ0v) is 28.7. The topological polar surface area (TPSA) is 75.7 Å². The second kappa shape index (κ2) is 14.4. The second-order valence-corrected chi connectivity index (χ2v) is 16.3. The van der Waals surface area contributed by atoms with Gasteiger partial charge >= 0.3 is 0 Å². The van der Waals surface area contributed by atoms with Gasteiger partial charge < -0.3 is 9.64 Å². The summed E-state index contributed by atoms with van der Waals surface area (Å²) in [6, 6.07) is 22.2. The molecule has 0 radical (unpaired) electrons. The zero-order valence-electron chi connectivity index (χ0n) is 27.1. The van der Waals surface area contributed by atoms with Crippen LogP contribution in [0.15, 0.2) is 66.7 Å². The van der Waals surface area contributed by atoms with Crippen LogP contribution in [0, 0.1) is 23.7 Å². The molecule has 2 bridgehead atoms. The minimum absolute atomic E-state index is 0.0677. The van der Waals surface area contributed by atoms with Crippen LogP contribution in [0.5, 0.6) is 5.75 Å². The minimum Gasteiger partial charge on any atom is -0.487 e. The molecule has 246 valence electrons. The number of nitrogens with one attached hydrogen (secondary N) is 1. The summed E-state index contributed by atoms with van der Waals surface area (Å²) in [6.07, 6.45) is 9.24. The molecule has 2 aliphatic heterocycles. The van der Waals surface area contributed by atoms with Crippen LogP contribution < -0.4 is 14.4 Å². The number of hydrogen-bond acceptors (Lipinski definition) is 5. The quantitative estimate of drug-likeness (QED) is 0.299. The first-order valence-corrected chi connectivity index (χ1v) is 19.0. The fourth-order valence-electron chi connectivity index (χ4n) is 7.71. The van der Waals surface area contributed by atoms with E-state index in [1.165, 1.54) is 24.0 Å². The number of rotatable bonds is 2. The number of nitrogens with zero attached hydrogens (tertiary/aromatic N) is 1. The lowest BCUT2D eigenvalue weighted by atomic mass is 9.64. The fraction of sp³-hybridized carbons (Fsp3) is 0.500. The van der Waals surface area contributed by atoms with Crippen molar-refractivity contribution in [2.45, 2.75) is 83.5 Å². The molecule has 0 unspecified atom stereocenters. The molecular formula is C38H47ClN2O4S. The summed E-state index contributed by atoms with van der Waals surface area (Å²) in [5, 5.41) is 0.0529. The monoisotopic (exact) mass is 662 g/mol. The highest BCUT2D eigenvalue weighted by Gasteiger charge is 2.38. The van der Waals surface area contributed by atoms with E-state index in [4.69, 9.17) is 16.3 Å². The maximum absolute atomic E-state index is 13.5. The molecule has 3 aromatic carbocycles. The molecule has 0 saturated heterocycles. The first kappa shape index (κ1) is 32.9. The summed E-state index contributed by atoms with van der Waals surface area (Å²) in [6.45, 7) is 5.84. The van der Waals surface area contributed by atoms with Crippen molar-refractivity contribution in [3.63, 3.8) is 0 Å². The number of halogens is 1. The van der Waals surface area contributed by atoms with Gasteiger partial charge in [-0.15, -0.1) is 0 Å². The van der Waals surface area contributed by atoms with E-state index in [1.807, 2.05) is 37.3 Å². The Labute approximate surface area is 279 Å². The van der Waals surface area contributed by atoms with Gasteiger partial charge in [0.15, 0.2) is 0 Å². The molecule has 46 heavy (non-hydrogen) atoms. The summed E-state index contributed by atoms with van der Waals surface area (Å²) in [5.41, 5.74) is 4.88. The van der Waals surface area contributed by atoms with Gasteiger partial charge in [0.1, 0.15) is 12.4 Å². The predicted octanol–water partition coefficient (Wildman–Crippen LogP) is 8.21. The molecule has 1 fully saturated rings. The Morgan fingerprint density at radius 1 is 0.913 bits per heavy atom. The van der Waals surface area contributed by atoms with E-state index in [0.717, 1.165) is 74.3 Å². The standard InChI is InChI=1S/C38H47ClN2O4S/c1-26-9-8-13-30(21-28-10-4-3-5-11-28)35-18-15-32(35)24-41-20-7-6-12-29-22-34(39)17-14-33(29)25-45-37-19-16-31(23-36(37)41)38(42)40-46(43,44)27(26)2/h3-5,10-11,14,16-17,19,22-23,26-27,30,32,35H,6-9,12-13,15,18,20-21,24-25H2,1-2H3,(H,40,42)/t26-,27+,30+,32-,35-/m0/s1. The Morgan fingerprint density at radius 3 is 2.52 bits per heavy atom. The van der Waals surface area contributed by atoms with Crippen molar-refractivity contribution in [2.75, 3.05) is 18.0 Å². The van der Waals surface area contributed by atoms with Crippen LogP contribution in [0.1, 0.15) is 85.8 Å². The summed E-state index contributed by atoms with van der Waals surface area (Å²) >= 11 is 6.37. The SMILES string of the molecule is C[C@@H]1[C@@H](C)CCC[C@H](Cc2ccccc2)[C@@H]2CC[C@H]2CN2CCCCc3cc(Cl)ccc3COc3ccc(cc32)C(=O)NS1(=O)=O. The van der Waals surface area contributed by atoms with E-state index in [-0.39, 0.29) is 5.92 Å². The highest BCUT2D eigenvalue weighted by molar-refractivity contribution is 7.90. The largest absolute Gasteiger partial charge is 0.487 e. The van der Waals surface area contributed by atoms with Gasteiger partial charge in [-0.05, 0) is 129 Å². The van der Waals surface area contributed by atoms with Crippen molar-refractivity contribution in [3.8, 4) is 5.75 Å². The highest BCUT2D eigenvalue weighted by atomic mass is 35.5. The first-order chi connectivity index (χ1) is 22.2. The van der Waals surface area contributed by atoms with Crippen molar-refractivity contribution in [1.82, 2.24) is 4.72 Å². The van der Waals surface area contributed by atoms with Crippen molar-refractivity contribution in [1.29, 1.82) is 0 Å². The van der Waals surface area contributed by atoms with E-state index in [0.29, 0.717) is 35.7 Å². The molecule has 1 amide bonds. The van der Waals surface area contributed by atoms with Gasteiger partial charge in [0.05, 0.1) is 10.9 Å². The van der Waals surface area contributed by atoms with E-state index in [2.05, 4.69) is 40.0 Å². The number of ether oxygens (including phenoxy) is 1. The number of sulfonamides is 1. The van der Waals surface area contributed by atoms with Crippen LogP contribution in [-0.4, -0.2) is 32.7 Å². The zero-order chi connectivity index (χ0) is 32.3. The normalized spacial score (nSPS) is 27.1. The molecule has 5 atom stereocenters. The Hall–Kier alpha value is -3.03. The smallest absolute Gasteiger partial charge is 0.264 e. The van der Waals surface area contributed by atoms with Gasteiger partial charge in [-0.25, -0.2) is 13.1 Å². The number of hydrogen-bond donors (Lipinski definition) is 1. The van der Waals surface area contributed by atoms with Gasteiger partial charge in [-0.3, -0.25) is 4.79 Å². The van der Waals surface area contributed by atoms with E-state index < -0.39 is 21.2 Å². The molecule has 1 N–H and O–H groups in total. The molecule has 8 heteroatoms. The lowest BCUT2D eigenvalue weighted by molar-refractivity contribution is 0.0977. The van der Waals surface area contributed by atoms with Crippen LogP contribution in [0.25, 0.3) is 0 Å². The van der Waals surface area contributed by atoms with Gasteiger partial charge in [0, 0.05) is 23.7 Å². The Balaban J connectivity index is 1.37. The average Bonchev–Trinajstić information content (AvgIpc) is 3.05. The number of fused-ring (bicyclic) bond motifs is 3. The minimum atomic E-state index is -3.86. The third-order valence-electron chi connectivity index (χ3n) is 10.9. The third kappa shape index (κ3) is 7.57. The van der Waals surface area contributed by atoms with Crippen molar-refractivity contribution >= 4 is 33.2 Å². The van der Waals surface area contributed by atoms with E-state index in [1.54, 1.807) is 13.0 Å². The Morgan fingerprint density at radius 2 is 1.74 bits per heavy atom. The van der Waals surface area contributed by atoms with Crippen LogP contribution in [0.3, 0.4) is 0 Å². The summed E-state index contributed by atoms with van der Waals surface area (Å²) in [5.74, 6) is 1.74. The molecule has 1 saturated carbocycles. The number of aryl methyl sites for hydroxylation is 1. The van der Waals surface area contributed by atoms with E-state index >= 15 is 0 Å². The van der Waals surface area contributed by atoms with Crippen LogP contribution in [-0.2, 0) is 29.5 Å². The summed E-state index contributed by atoms with van der Waals surface area (Å²) in [7, 11) is -3.86. The number of carbonyl (C=O) groups is 1. The van der Waals surface area contributed by atoms with Gasteiger partial charge in [-0.2, -0.15) is 0 Å². The summed E-state index contributed by atoms with van der Waals surface area (Å²) in [4.78, 5) is 15.9. The molecule has 0 spiro atoms. The molecular weight excluding hydrogens is 616 g/mol. The maximum atomic E-state index is 13.5. The Kier molecular flexibility index (Phi) is 10.3. The second-order valence-electron chi connectivity index (χ2n) is 13.8. The maximum Gasteiger partial charge on any atom is 0.264 e. The predicted molar refractivity (Wildman–Crippen MR) is 186 cm³/mol. The molecule has 3 aromatic rings. The molecule has 3 aliphatic rings. The van der Waals surface area contributed by atoms with Crippen LogP contribution in [0.2, 0.25) is 5.02 Å². The van der Waals surface area contributed by atoms with Crippen LogP contribution in [0.4, 0.5) is 5.69 Å². The Bertz CT molecular complexity index is 1630. The van der Waals surface area contributed by atoms with Gasteiger partial charge in [0.25, 0.3) is 5.91 Å². The lowest BCUT2D eigenvalue weighted by Gasteiger charge is -2.45. The number of carbonyl (C=O) groups excluding carboxylic acids is 1. The highest BCUT2D eigenvalue weighted by Crippen LogP contribution is 2.45. The average molecular weight is 663 g/mol.